The number of benzene rings is 9. The molecule has 1 aromatic heterocycles. The quantitative estimate of drug-likeness (QED) is 0.166. The zero-order valence-electron chi connectivity index (χ0n) is 30.1. The van der Waals surface area contributed by atoms with E-state index in [1.807, 2.05) is 11.3 Å². The Morgan fingerprint density at radius 1 is 0.382 bits per heavy atom. The molecular weight excluding hydrogens is 683 g/mol. The molecule has 0 spiro atoms. The molecule has 258 valence electrons. The van der Waals surface area contributed by atoms with E-state index in [4.69, 9.17) is 0 Å². The number of rotatable bonds is 6. The molecule has 0 N–H and O–H groups in total. The van der Waals surface area contributed by atoms with Crippen LogP contribution in [0.25, 0.3) is 53.2 Å². The van der Waals surface area contributed by atoms with Gasteiger partial charge in [0.2, 0.25) is 0 Å². The molecule has 10 aromatic rings. The van der Waals surface area contributed by atoms with Gasteiger partial charge in [-0.2, -0.15) is 0 Å². The molecule has 55 heavy (non-hydrogen) atoms. The van der Waals surface area contributed by atoms with Gasteiger partial charge in [-0.25, -0.2) is 0 Å². The molecule has 1 nitrogen and oxygen atoms in total. The standard InChI is InChI=1S/C53H35NS/c1-3-16-40(17-4-1)53(48-24-11-9-23-47(48)51-49(53)33-32-46-45-22-10-12-25-50(45)55-52(46)51)41-18-13-21-44(35-41)54(42-19-5-2-6-20-42)43-30-28-37(29-31-43)39-27-26-36-14-7-8-15-38(36)34-39/h1-35H. The van der Waals surface area contributed by atoms with E-state index in [0.29, 0.717) is 0 Å². The third-order valence-electron chi connectivity index (χ3n) is 11.5. The minimum atomic E-state index is -0.518. The highest BCUT2D eigenvalue weighted by atomic mass is 32.1. The fraction of sp³-hybridized carbons (Fsp3) is 0.0189. The molecule has 2 heteroatoms. The molecule has 0 saturated heterocycles. The molecular formula is C53H35NS. The summed E-state index contributed by atoms with van der Waals surface area (Å²) in [6.07, 6.45) is 0. The molecule has 1 unspecified atom stereocenters. The molecule has 11 rings (SSSR count). The second kappa shape index (κ2) is 12.7. The minimum absolute atomic E-state index is 0.518. The summed E-state index contributed by atoms with van der Waals surface area (Å²) in [5, 5.41) is 5.16. The van der Waals surface area contributed by atoms with E-state index < -0.39 is 5.41 Å². The van der Waals surface area contributed by atoms with Crippen molar-refractivity contribution in [2.75, 3.05) is 4.90 Å². The minimum Gasteiger partial charge on any atom is -0.310 e. The summed E-state index contributed by atoms with van der Waals surface area (Å²) in [7, 11) is 0. The fourth-order valence-electron chi connectivity index (χ4n) is 9.09. The molecule has 0 amide bonds. The molecule has 1 aliphatic carbocycles. The lowest BCUT2D eigenvalue weighted by Gasteiger charge is -2.35. The highest BCUT2D eigenvalue weighted by molar-refractivity contribution is 7.26. The van der Waals surface area contributed by atoms with Crippen molar-refractivity contribution in [3.8, 4) is 22.3 Å². The Labute approximate surface area is 325 Å². The summed E-state index contributed by atoms with van der Waals surface area (Å²) < 4.78 is 2.69. The second-order valence-electron chi connectivity index (χ2n) is 14.5. The largest absolute Gasteiger partial charge is 0.310 e. The zero-order valence-corrected chi connectivity index (χ0v) is 30.9. The lowest BCUT2D eigenvalue weighted by molar-refractivity contribution is 0.769. The van der Waals surface area contributed by atoms with Gasteiger partial charge >= 0.3 is 0 Å². The summed E-state index contributed by atoms with van der Waals surface area (Å²) in [4.78, 5) is 2.39. The van der Waals surface area contributed by atoms with Gasteiger partial charge in [-0.1, -0.05) is 164 Å². The van der Waals surface area contributed by atoms with Crippen molar-refractivity contribution in [2.45, 2.75) is 5.41 Å². The number of hydrogen-bond acceptors (Lipinski definition) is 2. The van der Waals surface area contributed by atoms with Crippen molar-refractivity contribution in [2.24, 2.45) is 0 Å². The lowest BCUT2D eigenvalue weighted by Crippen LogP contribution is -2.28. The molecule has 1 aliphatic rings. The maximum atomic E-state index is 2.43. The summed E-state index contributed by atoms with van der Waals surface area (Å²) in [5.41, 5.74) is 13.1. The van der Waals surface area contributed by atoms with Gasteiger partial charge in [0, 0.05) is 42.8 Å². The van der Waals surface area contributed by atoms with Crippen molar-refractivity contribution in [3.63, 3.8) is 0 Å². The number of nitrogens with zero attached hydrogens (tertiary/aromatic N) is 1. The van der Waals surface area contributed by atoms with Crippen molar-refractivity contribution in [1.29, 1.82) is 0 Å². The van der Waals surface area contributed by atoms with Crippen LogP contribution in [0, 0.1) is 0 Å². The van der Waals surface area contributed by atoms with E-state index in [2.05, 4.69) is 217 Å². The maximum absolute atomic E-state index is 2.43. The van der Waals surface area contributed by atoms with E-state index in [1.54, 1.807) is 0 Å². The van der Waals surface area contributed by atoms with E-state index in [1.165, 1.54) is 75.5 Å². The van der Waals surface area contributed by atoms with Crippen molar-refractivity contribution in [3.05, 3.63) is 235 Å². The Bertz CT molecular complexity index is 3030. The van der Waals surface area contributed by atoms with Crippen LogP contribution in [0.2, 0.25) is 0 Å². The Kier molecular flexibility index (Phi) is 7.33. The number of thiophene rings is 1. The predicted octanol–water partition coefficient (Wildman–Crippen LogP) is 14.7. The highest BCUT2D eigenvalue weighted by Gasteiger charge is 2.47. The number of para-hydroxylation sites is 1. The first-order valence-electron chi connectivity index (χ1n) is 18.9. The lowest BCUT2D eigenvalue weighted by atomic mass is 9.67. The summed E-state index contributed by atoms with van der Waals surface area (Å²) in [6, 6.07) is 78.2. The van der Waals surface area contributed by atoms with Crippen LogP contribution in [-0.4, -0.2) is 0 Å². The van der Waals surface area contributed by atoms with Gasteiger partial charge in [-0.15, -0.1) is 11.3 Å². The molecule has 1 heterocycles. The second-order valence-corrected chi connectivity index (χ2v) is 15.5. The van der Waals surface area contributed by atoms with Crippen molar-refractivity contribution >= 4 is 59.3 Å². The Morgan fingerprint density at radius 2 is 1.04 bits per heavy atom. The van der Waals surface area contributed by atoms with Crippen molar-refractivity contribution < 1.29 is 0 Å². The van der Waals surface area contributed by atoms with Gasteiger partial charge < -0.3 is 4.90 Å². The SMILES string of the molecule is c1ccc(N(c2ccc(-c3ccc4ccccc4c3)cc2)c2cccc(C3(c4ccccc4)c4ccccc4-c4c3ccc3c4sc4ccccc43)c2)cc1. The van der Waals surface area contributed by atoms with Crippen LogP contribution in [0.1, 0.15) is 22.3 Å². The summed E-state index contributed by atoms with van der Waals surface area (Å²) >= 11 is 1.92. The molecule has 0 radical (unpaired) electrons. The van der Waals surface area contributed by atoms with Crippen molar-refractivity contribution in [1.82, 2.24) is 0 Å². The molecule has 9 aromatic carbocycles. The molecule has 0 saturated carbocycles. The fourth-order valence-corrected chi connectivity index (χ4v) is 10.4. The molecule has 0 bridgehead atoms. The monoisotopic (exact) mass is 717 g/mol. The van der Waals surface area contributed by atoms with E-state index in [-0.39, 0.29) is 0 Å². The highest BCUT2D eigenvalue weighted by Crippen LogP contribution is 2.59. The average Bonchev–Trinajstić information content (AvgIpc) is 3.79. The van der Waals surface area contributed by atoms with Crippen LogP contribution in [0.3, 0.4) is 0 Å². The van der Waals surface area contributed by atoms with E-state index in [9.17, 15) is 0 Å². The third kappa shape index (κ3) is 4.92. The number of hydrogen-bond donors (Lipinski definition) is 0. The number of fused-ring (bicyclic) bond motifs is 8. The predicted molar refractivity (Wildman–Crippen MR) is 234 cm³/mol. The first kappa shape index (κ1) is 31.8. The van der Waals surface area contributed by atoms with Gasteiger partial charge in [0.25, 0.3) is 0 Å². The first-order valence-corrected chi connectivity index (χ1v) is 19.7. The normalized spacial score (nSPS) is 14.6. The smallest absolute Gasteiger partial charge is 0.0714 e. The Balaban J connectivity index is 1.12. The van der Waals surface area contributed by atoms with E-state index in [0.717, 1.165) is 17.1 Å². The van der Waals surface area contributed by atoms with Gasteiger partial charge in [-0.3, -0.25) is 0 Å². The van der Waals surface area contributed by atoms with Gasteiger partial charge in [-0.05, 0) is 98.2 Å². The van der Waals surface area contributed by atoms with Crippen LogP contribution in [0.15, 0.2) is 212 Å². The van der Waals surface area contributed by atoms with Crippen LogP contribution in [-0.2, 0) is 5.41 Å². The van der Waals surface area contributed by atoms with Crippen LogP contribution in [0.5, 0.6) is 0 Å². The topological polar surface area (TPSA) is 3.24 Å². The zero-order chi connectivity index (χ0) is 36.3. The van der Waals surface area contributed by atoms with Crippen LogP contribution < -0.4 is 4.90 Å². The summed E-state index contributed by atoms with van der Waals surface area (Å²) in [5.74, 6) is 0. The molecule has 1 atom stereocenters. The third-order valence-corrected chi connectivity index (χ3v) is 12.7. The average molecular weight is 718 g/mol. The maximum Gasteiger partial charge on any atom is 0.0714 e. The van der Waals surface area contributed by atoms with Gasteiger partial charge in [0.1, 0.15) is 0 Å². The van der Waals surface area contributed by atoms with E-state index >= 15 is 0 Å². The summed E-state index contributed by atoms with van der Waals surface area (Å²) in [6.45, 7) is 0. The first-order chi connectivity index (χ1) is 27.3. The van der Waals surface area contributed by atoms with Crippen LogP contribution >= 0.6 is 11.3 Å². The van der Waals surface area contributed by atoms with Gasteiger partial charge in [0.05, 0.1) is 5.41 Å². The molecule has 0 fully saturated rings. The van der Waals surface area contributed by atoms with Crippen LogP contribution in [0.4, 0.5) is 17.1 Å². The number of anilines is 3. The van der Waals surface area contributed by atoms with Gasteiger partial charge in [0.15, 0.2) is 0 Å². The Hall–Kier alpha value is -6.74. The molecule has 0 aliphatic heterocycles. The Morgan fingerprint density at radius 3 is 1.89 bits per heavy atom.